The van der Waals surface area contributed by atoms with Crippen molar-refractivity contribution in [1.29, 1.82) is 0 Å². The zero-order valence-corrected chi connectivity index (χ0v) is 20.2. The van der Waals surface area contributed by atoms with Gasteiger partial charge in [0.15, 0.2) is 0 Å². The van der Waals surface area contributed by atoms with Crippen LogP contribution < -0.4 is 5.73 Å². The first-order valence-corrected chi connectivity index (χ1v) is 11.6. The van der Waals surface area contributed by atoms with Gasteiger partial charge in [-0.05, 0) is 37.7 Å². The largest absolute Gasteiger partial charge is 0.478 e. The van der Waals surface area contributed by atoms with Crippen molar-refractivity contribution in [3.63, 3.8) is 0 Å². The molecule has 6 nitrogen and oxygen atoms in total. The van der Waals surface area contributed by atoms with Crippen LogP contribution >= 0.6 is 11.6 Å². The maximum atomic E-state index is 12.3. The molecule has 0 spiro atoms. The van der Waals surface area contributed by atoms with Gasteiger partial charge in [-0.3, -0.25) is 4.79 Å². The van der Waals surface area contributed by atoms with Crippen LogP contribution in [0.5, 0.6) is 0 Å². The number of ketones is 1. The third-order valence-corrected chi connectivity index (χ3v) is 4.97. The molecule has 33 heavy (non-hydrogen) atoms. The Kier molecular flexibility index (Phi) is 18.1. The van der Waals surface area contributed by atoms with Crippen LogP contribution in [-0.2, 0) is 14.3 Å². The number of nitrogens with two attached hydrogens (primary N) is 1. The summed E-state index contributed by atoms with van der Waals surface area (Å²) in [5.41, 5.74) is 6.14. The molecule has 0 heterocycles. The zero-order chi connectivity index (χ0) is 24.9. The quantitative estimate of drug-likeness (QED) is 0.115. The second-order valence-corrected chi connectivity index (χ2v) is 7.68. The minimum Gasteiger partial charge on any atom is -0.478 e. The average molecular weight is 478 g/mol. The summed E-state index contributed by atoms with van der Waals surface area (Å²) in [6.45, 7) is 4.04. The molecule has 0 aliphatic heterocycles. The molecule has 0 rings (SSSR count). The predicted molar refractivity (Wildman–Crippen MR) is 134 cm³/mol. The van der Waals surface area contributed by atoms with E-state index in [1.807, 2.05) is 43.4 Å². The van der Waals surface area contributed by atoms with Crippen LogP contribution in [0.25, 0.3) is 0 Å². The third-order valence-electron chi connectivity index (χ3n) is 4.66. The molecule has 7 heteroatoms. The van der Waals surface area contributed by atoms with Crippen molar-refractivity contribution in [3.05, 3.63) is 72.4 Å². The van der Waals surface area contributed by atoms with E-state index in [4.69, 9.17) is 27.2 Å². The van der Waals surface area contributed by atoms with E-state index in [0.717, 1.165) is 24.5 Å². The SMILES string of the molecule is CC/C=C/C(CCCC(=O)CCC(C)/C(=C/C=C/C=C/C=C/C=C/C(=O)O)CCl)OC(N)=O. The lowest BCUT2D eigenvalue weighted by atomic mass is 9.94. The summed E-state index contributed by atoms with van der Waals surface area (Å²) < 4.78 is 5.05. The Morgan fingerprint density at radius 3 is 2.21 bits per heavy atom. The number of carboxylic acids is 1. The fourth-order valence-electron chi connectivity index (χ4n) is 2.80. The average Bonchev–Trinajstić information content (AvgIpc) is 2.76. The van der Waals surface area contributed by atoms with Crippen molar-refractivity contribution in [2.24, 2.45) is 11.7 Å². The molecule has 0 aliphatic carbocycles. The molecular weight excluding hydrogens is 442 g/mol. The van der Waals surface area contributed by atoms with Crippen molar-refractivity contribution in [2.75, 3.05) is 5.88 Å². The number of carbonyl (C=O) groups excluding carboxylic acids is 2. The number of hydrogen-bond acceptors (Lipinski definition) is 4. The Labute approximate surface area is 202 Å². The maximum Gasteiger partial charge on any atom is 0.405 e. The van der Waals surface area contributed by atoms with Crippen LogP contribution in [0.3, 0.4) is 0 Å². The molecule has 0 aromatic heterocycles. The molecule has 0 saturated carbocycles. The number of carbonyl (C=O) groups is 3. The van der Waals surface area contributed by atoms with Crippen LogP contribution in [-0.4, -0.2) is 34.9 Å². The van der Waals surface area contributed by atoms with Gasteiger partial charge in [-0.25, -0.2) is 9.59 Å². The van der Waals surface area contributed by atoms with Crippen molar-refractivity contribution in [3.8, 4) is 0 Å². The zero-order valence-electron chi connectivity index (χ0n) is 19.5. The van der Waals surface area contributed by atoms with E-state index < -0.39 is 18.2 Å². The number of hydrogen-bond donors (Lipinski definition) is 2. The van der Waals surface area contributed by atoms with Gasteiger partial charge in [0.05, 0.1) is 0 Å². The molecule has 2 atom stereocenters. The molecule has 0 aliphatic rings. The number of alkyl halides is 1. The highest BCUT2D eigenvalue weighted by atomic mass is 35.5. The minimum absolute atomic E-state index is 0.176. The molecule has 0 aromatic carbocycles. The summed E-state index contributed by atoms with van der Waals surface area (Å²) >= 11 is 6.07. The standard InChI is InChI=1S/C26H36ClNO5/c1-3-4-15-24(33-26(28)32)16-12-14-23(29)19-18-21(2)22(20-27)13-10-8-6-5-7-9-11-17-25(30)31/h4-11,13,15,17,21,24H,3,12,14,16,18-20H2,1-2H3,(H2,28,32)(H,30,31)/b6-5+,9-7+,10-8+,15-4+,17-11+,22-13+. The number of allylic oxidation sites excluding steroid dienone is 10. The van der Waals surface area contributed by atoms with Crippen molar-refractivity contribution in [1.82, 2.24) is 0 Å². The van der Waals surface area contributed by atoms with Gasteiger partial charge in [-0.15, -0.1) is 11.6 Å². The highest BCUT2D eigenvalue weighted by molar-refractivity contribution is 6.19. The molecule has 0 aromatic rings. The van der Waals surface area contributed by atoms with Crippen LogP contribution in [0.2, 0.25) is 0 Å². The van der Waals surface area contributed by atoms with Crippen LogP contribution in [0.15, 0.2) is 72.4 Å². The first-order chi connectivity index (χ1) is 15.8. The summed E-state index contributed by atoms with van der Waals surface area (Å²) in [5, 5.41) is 8.48. The van der Waals surface area contributed by atoms with E-state index in [-0.39, 0.29) is 11.7 Å². The van der Waals surface area contributed by atoms with Gasteiger partial charge < -0.3 is 15.6 Å². The lowest BCUT2D eigenvalue weighted by Gasteiger charge is -2.14. The fourth-order valence-corrected chi connectivity index (χ4v) is 3.15. The molecule has 182 valence electrons. The van der Waals surface area contributed by atoms with Crippen LogP contribution in [0.4, 0.5) is 4.79 Å². The van der Waals surface area contributed by atoms with E-state index in [1.54, 1.807) is 18.2 Å². The lowest BCUT2D eigenvalue weighted by molar-refractivity contribution is -0.131. The lowest BCUT2D eigenvalue weighted by Crippen LogP contribution is -2.21. The molecule has 0 radical (unpaired) electrons. The van der Waals surface area contributed by atoms with Gasteiger partial charge in [0, 0.05) is 24.8 Å². The molecule has 0 bridgehead atoms. The van der Waals surface area contributed by atoms with Gasteiger partial charge in [0.25, 0.3) is 0 Å². The summed E-state index contributed by atoms with van der Waals surface area (Å²) in [6.07, 6.45) is 21.3. The van der Waals surface area contributed by atoms with E-state index in [1.165, 1.54) is 6.08 Å². The first kappa shape index (κ1) is 30.1. The van der Waals surface area contributed by atoms with Crippen molar-refractivity contribution in [2.45, 2.75) is 58.5 Å². The summed E-state index contributed by atoms with van der Waals surface area (Å²) in [4.78, 5) is 33.6. The maximum absolute atomic E-state index is 12.3. The molecule has 0 saturated heterocycles. The van der Waals surface area contributed by atoms with E-state index >= 15 is 0 Å². The van der Waals surface area contributed by atoms with Gasteiger partial charge >= 0.3 is 12.1 Å². The van der Waals surface area contributed by atoms with Crippen LogP contribution in [0.1, 0.15) is 52.4 Å². The molecule has 3 N–H and O–H groups in total. The van der Waals surface area contributed by atoms with E-state index in [2.05, 4.69) is 6.92 Å². The molecule has 1 amide bonds. The first-order valence-electron chi connectivity index (χ1n) is 11.1. The number of carboxylic acid groups (broad SMARTS) is 1. The number of aliphatic carboxylic acids is 1. The van der Waals surface area contributed by atoms with Crippen LogP contribution in [0, 0.1) is 5.92 Å². The second-order valence-electron chi connectivity index (χ2n) is 7.41. The van der Waals surface area contributed by atoms with Gasteiger partial charge in [0.2, 0.25) is 0 Å². The summed E-state index contributed by atoms with van der Waals surface area (Å²) in [5.74, 6) is -0.240. The van der Waals surface area contributed by atoms with Gasteiger partial charge in [0.1, 0.15) is 11.9 Å². The number of primary amides is 1. The molecule has 0 fully saturated rings. The summed E-state index contributed by atoms with van der Waals surface area (Å²) in [7, 11) is 0. The normalized spacial score (nSPS) is 14.7. The number of halogens is 1. The Hall–Kier alpha value is -2.86. The third kappa shape index (κ3) is 18.4. The summed E-state index contributed by atoms with van der Waals surface area (Å²) in [6, 6.07) is 0. The van der Waals surface area contributed by atoms with Gasteiger partial charge in [-0.1, -0.05) is 74.1 Å². The number of amides is 1. The molecule has 2 unspecified atom stereocenters. The fraction of sp³-hybridized carbons (Fsp3) is 0.423. The molecular formula is C26H36ClNO5. The van der Waals surface area contributed by atoms with E-state index in [9.17, 15) is 14.4 Å². The van der Waals surface area contributed by atoms with Gasteiger partial charge in [-0.2, -0.15) is 0 Å². The number of rotatable bonds is 17. The topological polar surface area (TPSA) is 107 Å². The monoisotopic (exact) mass is 477 g/mol. The van der Waals surface area contributed by atoms with Crippen molar-refractivity contribution >= 4 is 29.4 Å². The minimum atomic E-state index is -0.985. The number of Topliss-reactive ketones (excluding diaryl/α,β-unsaturated/α-hetero) is 1. The van der Waals surface area contributed by atoms with E-state index in [0.29, 0.717) is 31.6 Å². The Morgan fingerprint density at radius 2 is 1.64 bits per heavy atom. The Balaban J connectivity index is 4.44. The highest BCUT2D eigenvalue weighted by Gasteiger charge is 2.13. The van der Waals surface area contributed by atoms with Crippen molar-refractivity contribution < 1.29 is 24.2 Å². The second kappa shape index (κ2) is 19.8. The predicted octanol–water partition coefficient (Wildman–Crippen LogP) is 6.05. The Morgan fingerprint density at radius 1 is 1.00 bits per heavy atom. The smallest absolute Gasteiger partial charge is 0.405 e. The number of ether oxygens (including phenoxy) is 1. The Bertz CT molecular complexity index is 778. The highest BCUT2D eigenvalue weighted by Crippen LogP contribution is 2.19.